The van der Waals surface area contributed by atoms with Crippen LogP contribution >= 0.6 is 23.2 Å². The predicted molar refractivity (Wildman–Crippen MR) is 98.7 cm³/mol. The molecule has 0 radical (unpaired) electrons. The minimum absolute atomic E-state index is 0.0362. The van der Waals surface area contributed by atoms with E-state index in [1.54, 1.807) is 13.8 Å². The van der Waals surface area contributed by atoms with Crippen LogP contribution in [0, 0.1) is 6.92 Å². The lowest BCUT2D eigenvalue weighted by Gasteiger charge is -2.06. The van der Waals surface area contributed by atoms with E-state index in [2.05, 4.69) is 20.2 Å². The molecule has 0 unspecified atom stereocenters. The van der Waals surface area contributed by atoms with Gasteiger partial charge in [0.2, 0.25) is 0 Å². The molecule has 2 heterocycles. The molecule has 148 valence electrons. The van der Waals surface area contributed by atoms with E-state index in [0.29, 0.717) is 17.7 Å². The Labute approximate surface area is 164 Å². The molecule has 12 heteroatoms. The summed E-state index contributed by atoms with van der Waals surface area (Å²) in [6.45, 7) is 5.09. The monoisotopic (exact) mass is 419 g/mol. The quantitative estimate of drug-likeness (QED) is 0.289. The molecule has 0 aliphatic heterocycles. The molecule has 27 heavy (non-hydrogen) atoms. The first kappa shape index (κ1) is 22.5. The van der Waals surface area contributed by atoms with Gasteiger partial charge >= 0.3 is 11.9 Å². The summed E-state index contributed by atoms with van der Waals surface area (Å²) in [5.41, 5.74) is 4.93. The van der Waals surface area contributed by atoms with Crippen molar-refractivity contribution in [1.82, 2.24) is 25.4 Å². The largest absolute Gasteiger partial charge is 0.459 e. The van der Waals surface area contributed by atoms with Gasteiger partial charge in [0.25, 0.3) is 11.5 Å². The number of esters is 1. The molecule has 0 bridgehead atoms. The molecule has 0 saturated carbocycles. The van der Waals surface area contributed by atoms with Gasteiger partial charge in [-0.2, -0.15) is 0 Å². The van der Waals surface area contributed by atoms with Crippen LogP contribution in [0.1, 0.15) is 35.5 Å². The molecule has 0 saturated heterocycles. The fraction of sp³-hybridized carbons (Fsp3) is 0.400. The van der Waals surface area contributed by atoms with Crippen molar-refractivity contribution in [2.75, 3.05) is 11.9 Å². The van der Waals surface area contributed by atoms with Gasteiger partial charge in [-0.3, -0.25) is 30.3 Å². The highest BCUT2D eigenvalue weighted by molar-refractivity contribution is 6.40. The summed E-state index contributed by atoms with van der Waals surface area (Å²) in [6.07, 6.45) is 1.80. The van der Waals surface area contributed by atoms with Crippen molar-refractivity contribution in [2.45, 2.75) is 27.2 Å². The molecule has 2 aromatic rings. The van der Waals surface area contributed by atoms with Crippen molar-refractivity contribution < 1.29 is 19.1 Å². The van der Waals surface area contributed by atoms with Crippen LogP contribution in [0.25, 0.3) is 5.65 Å². The molecule has 2 amide bonds. The second kappa shape index (κ2) is 10.5. The number of carbonyl (C=O) groups excluding carboxylic acids is 3. The van der Waals surface area contributed by atoms with E-state index >= 15 is 0 Å². The average Bonchev–Trinajstić information content (AvgIpc) is 3.04. The Kier molecular flexibility index (Phi) is 8.76. The number of hydrogen-bond acceptors (Lipinski definition) is 6. The highest BCUT2D eigenvalue weighted by Crippen LogP contribution is 2.09. The Morgan fingerprint density at radius 2 is 1.89 bits per heavy atom. The Balaban J connectivity index is 0.00000114. The molecule has 0 aliphatic carbocycles. The maximum atomic E-state index is 12.3. The van der Waals surface area contributed by atoms with Gasteiger partial charge < -0.3 is 4.74 Å². The number of amides is 2. The van der Waals surface area contributed by atoms with Crippen LogP contribution < -0.4 is 16.4 Å². The maximum absolute atomic E-state index is 12.3. The highest BCUT2D eigenvalue weighted by atomic mass is 35.5. The molecule has 0 atom stereocenters. The summed E-state index contributed by atoms with van der Waals surface area (Å²) in [6, 6.07) is 0. The van der Waals surface area contributed by atoms with Crippen molar-refractivity contribution in [3.05, 3.63) is 33.4 Å². The first-order valence-electron chi connectivity index (χ1n) is 7.81. The molecule has 0 aliphatic rings. The van der Waals surface area contributed by atoms with E-state index in [1.807, 2.05) is 12.3 Å². The Morgan fingerprint density at radius 1 is 1.26 bits per heavy atom. The van der Waals surface area contributed by atoms with Crippen LogP contribution in [0.5, 0.6) is 0 Å². The number of aromatic nitrogens is 3. The third kappa shape index (κ3) is 5.44. The zero-order valence-corrected chi connectivity index (χ0v) is 16.4. The minimum atomic E-state index is -1.12. The summed E-state index contributed by atoms with van der Waals surface area (Å²) >= 11 is 9.53. The lowest BCUT2D eigenvalue weighted by molar-refractivity contribution is -0.154. The molecule has 3 N–H and O–H groups in total. The van der Waals surface area contributed by atoms with Gasteiger partial charge in [0.05, 0.1) is 11.9 Å². The van der Waals surface area contributed by atoms with E-state index in [1.165, 1.54) is 6.20 Å². The second-order valence-corrected chi connectivity index (χ2v) is 5.72. The normalized spacial score (nSPS) is 9.96. The van der Waals surface area contributed by atoms with E-state index < -0.39 is 17.8 Å². The standard InChI is InChI=1S/C14H17N5O5.CH2Cl2/c1-4-8-7(3)16-10-9(6-15-19(10)13(8)22)11(20)17-18-12(21)14(23)24-5-2;2-1-3/h6,15H,4-5H2,1-3H3,(H,17,20)(H,18,21);1H2. The SMILES string of the molecule is CCOC(=O)C(=O)NNC(=O)c1c[nH]n2c(=O)c(CC)c(C)nc12.ClCCl. The van der Waals surface area contributed by atoms with Crippen LogP contribution in [0.2, 0.25) is 0 Å². The number of carbonyl (C=O) groups is 3. The first-order chi connectivity index (χ1) is 12.8. The van der Waals surface area contributed by atoms with E-state index in [9.17, 15) is 19.2 Å². The molecule has 10 nitrogen and oxygen atoms in total. The number of aromatic amines is 1. The summed E-state index contributed by atoms with van der Waals surface area (Å²) in [4.78, 5) is 51.2. The predicted octanol–water partition coefficient (Wildman–Crippen LogP) is 0.639. The van der Waals surface area contributed by atoms with Crippen LogP contribution in [0.15, 0.2) is 11.0 Å². The average molecular weight is 420 g/mol. The van der Waals surface area contributed by atoms with Crippen LogP contribution in [-0.2, 0) is 20.7 Å². The molecule has 0 aromatic carbocycles. The number of ether oxygens (including phenoxy) is 1. The molecular weight excluding hydrogens is 401 g/mol. The molecule has 0 fully saturated rings. The van der Waals surface area contributed by atoms with Gasteiger partial charge in [0.15, 0.2) is 5.65 Å². The number of H-pyrrole nitrogens is 1. The lowest BCUT2D eigenvalue weighted by Crippen LogP contribution is -2.45. The second-order valence-electron chi connectivity index (χ2n) is 4.91. The number of hydrogen-bond donors (Lipinski definition) is 3. The highest BCUT2D eigenvalue weighted by Gasteiger charge is 2.20. The molecule has 2 aromatic heterocycles. The summed E-state index contributed by atoms with van der Waals surface area (Å²) in [5.74, 6) is -2.96. The summed E-state index contributed by atoms with van der Waals surface area (Å²) in [7, 11) is 0. The summed E-state index contributed by atoms with van der Waals surface area (Å²) in [5, 5.41) is 2.84. The number of alkyl halides is 2. The zero-order chi connectivity index (χ0) is 20.6. The van der Waals surface area contributed by atoms with Crippen molar-refractivity contribution in [3.8, 4) is 0 Å². The Morgan fingerprint density at radius 3 is 2.44 bits per heavy atom. The number of nitrogens with one attached hydrogen (secondary N) is 3. The minimum Gasteiger partial charge on any atom is -0.459 e. The molecule has 2 rings (SSSR count). The van der Waals surface area contributed by atoms with Crippen molar-refractivity contribution in [2.24, 2.45) is 0 Å². The first-order valence-corrected chi connectivity index (χ1v) is 8.88. The van der Waals surface area contributed by atoms with Crippen LogP contribution in [0.3, 0.4) is 0 Å². The number of halogens is 2. The van der Waals surface area contributed by atoms with Gasteiger partial charge in [-0.25, -0.2) is 14.3 Å². The van der Waals surface area contributed by atoms with Gasteiger partial charge in [0, 0.05) is 17.5 Å². The van der Waals surface area contributed by atoms with E-state index in [-0.39, 0.29) is 28.7 Å². The smallest absolute Gasteiger partial charge is 0.398 e. The fourth-order valence-electron chi connectivity index (χ4n) is 2.16. The number of aryl methyl sites for hydroxylation is 1. The van der Waals surface area contributed by atoms with Crippen molar-refractivity contribution in [1.29, 1.82) is 0 Å². The number of nitrogens with zero attached hydrogens (tertiary/aromatic N) is 2. The van der Waals surface area contributed by atoms with Crippen LogP contribution in [0.4, 0.5) is 0 Å². The molecule has 0 spiro atoms. The number of hydrazine groups is 1. The van der Waals surface area contributed by atoms with E-state index in [0.717, 1.165) is 4.52 Å². The zero-order valence-electron chi connectivity index (χ0n) is 14.9. The lowest BCUT2D eigenvalue weighted by atomic mass is 10.2. The third-order valence-corrected chi connectivity index (χ3v) is 3.31. The van der Waals surface area contributed by atoms with Gasteiger partial charge in [-0.1, -0.05) is 6.92 Å². The van der Waals surface area contributed by atoms with Crippen LogP contribution in [-0.4, -0.2) is 44.3 Å². The Bertz CT molecular complexity index is 893. The van der Waals surface area contributed by atoms with Crippen molar-refractivity contribution >= 4 is 46.6 Å². The number of fused-ring (bicyclic) bond motifs is 1. The number of rotatable bonds is 3. The maximum Gasteiger partial charge on any atom is 0.398 e. The Hall–Kier alpha value is -2.59. The van der Waals surface area contributed by atoms with Crippen molar-refractivity contribution in [3.63, 3.8) is 0 Å². The summed E-state index contributed by atoms with van der Waals surface area (Å²) < 4.78 is 5.63. The third-order valence-electron chi connectivity index (χ3n) is 3.31. The topological polar surface area (TPSA) is 135 Å². The van der Waals surface area contributed by atoms with Gasteiger partial charge in [-0.15, -0.1) is 23.2 Å². The molecular formula is C15H19Cl2N5O5. The van der Waals surface area contributed by atoms with E-state index in [4.69, 9.17) is 23.2 Å². The van der Waals surface area contributed by atoms with Gasteiger partial charge in [0.1, 0.15) is 5.56 Å². The van der Waals surface area contributed by atoms with Gasteiger partial charge in [-0.05, 0) is 20.3 Å². The fourth-order valence-corrected chi connectivity index (χ4v) is 2.16.